The van der Waals surface area contributed by atoms with Gasteiger partial charge in [-0.25, -0.2) is 18.2 Å². The predicted octanol–water partition coefficient (Wildman–Crippen LogP) is 7.66. The molecule has 0 amide bonds. The quantitative estimate of drug-likeness (QED) is 0.113. The Hall–Kier alpha value is -4.80. The molecule has 0 bridgehead atoms. The molecular weight excluding hydrogens is 578 g/mol. The van der Waals surface area contributed by atoms with Crippen molar-refractivity contribution in [1.29, 1.82) is 0 Å². The van der Waals surface area contributed by atoms with Crippen LogP contribution in [-0.2, 0) is 14.9 Å². The highest BCUT2D eigenvalue weighted by Crippen LogP contribution is 2.54. The topological polar surface area (TPSA) is 89.2 Å². The number of hydrogen-bond acceptors (Lipinski definition) is 5. The molecule has 1 aliphatic carbocycles. The summed E-state index contributed by atoms with van der Waals surface area (Å²) in [5.41, 5.74) is 1.56. The molecular formula is C33H27F4N3O4. The normalized spacial score (nSPS) is 20.7. The van der Waals surface area contributed by atoms with Crippen molar-refractivity contribution in [3.63, 3.8) is 0 Å². The van der Waals surface area contributed by atoms with Gasteiger partial charge in [-0.2, -0.15) is 4.39 Å². The van der Waals surface area contributed by atoms with E-state index >= 15 is 8.78 Å². The first-order valence-electron chi connectivity index (χ1n) is 14.3. The zero-order chi connectivity index (χ0) is 30.7. The summed E-state index contributed by atoms with van der Waals surface area (Å²) in [5.74, 6) is -5.07. The maximum Gasteiger partial charge on any atom is 0.309 e. The van der Waals surface area contributed by atoms with Crippen molar-refractivity contribution < 1.29 is 36.6 Å². The minimum Gasteiger partial charge on any atom is -0.493 e. The van der Waals surface area contributed by atoms with E-state index in [1.165, 1.54) is 24.4 Å². The number of carbonyl (C=O) groups excluding carboxylic acids is 1. The molecule has 2 N–H and O–H groups in total. The maximum atomic E-state index is 15.1. The Morgan fingerprint density at radius 2 is 1.93 bits per heavy atom. The number of hydrogen-bond donors (Lipinski definition) is 2. The fraction of sp³-hybridized carbons (Fsp3) is 0.273. The summed E-state index contributed by atoms with van der Waals surface area (Å²) >= 11 is 0. The highest BCUT2D eigenvalue weighted by atomic mass is 19.2. The first-order valence-corrected chi connectivity index (χ1v) is 14.3. The summed E-state index contributed by atoms with van der Waals surface area (Å²) in [4.78, 5) is 22.5. The minimum atomic E-state index is -1.51. The maximum absolute atomic E-state index is 15.1. The second-order valence-electron chi connectivity index (χ2n) is 11.3. The standard InChI is InChI=1S/C33H27F4N3O4/c1-3-42-32(41)20-14-19(20)17-5-4-6-22-29(17)43-12-10-33(22,2)24-15-39-31(40-24)21-13-16(7-8-23(21)34)44-30-25(35)18-9-11-38-28(18)26(36)27(30)37/h4-9,11,13,15,19-20,38H,3,10,12,14H2,1-2H3,(H,39,40)/t19-,20+,33+/m0/s1. The molecule has 1 fully saturated rings. The number of esters is 1. The Bertz CT molecular complexity index is 1940. The molecule has 5 aromatic rings. The van der Waals surface area contributed by atoms with E-state index in [1.54, 1.807) is 13.1 Å². The first kappa shape index (κ1) is 28.0. The van der Waals surface area contributed by atoms with Crippen molar-refractivity contribution in [2.45, 2.75) is 38.0 Å². The molecule has 0 spiro atoms. The van der Waals surface area contributed by atoms with Gasteiger partial charge in [-0.05, 0) is 56.5 Å². The minimum absolute atomic E-state index is 0.00217. The van der Waals surface area contributed by atoms with Crippen molar-refractivity contribution in [1.82, 2.24) is 15.0 Å². The van der Waals surface area contributed by atoms with Crippen LogP contribution in [0.1, 0.15) is 49.4 Å². The van der Waals surface area contributed by atoms with E-state index in [4.69, 9.17) is 19.2 Å². The lowest BCUT2D eigenvalue weighted by Gasteiger charge is -2.35. The Kier molecular flexibility index (Phi) is 6.64. The molecule has 3 atom stereocenters. The molecule has 1 saturated carbocycles. The zero-order valence-electron chi connectivity index (χ0n) is 23.8. The lowest BCUT2D eigenvalue weighted by molar-refractivity contribution is -0.144. The second kappa shape index (κ2) is 10.4. The van der Waals surface area contributed by atoms with E-state index in [0.717, 1.165) is 22.9 Å². The summed E-state index contributed by atoms with van der Waals surface area (Å²) < 4.78 is 76.1. The number of carbonyl (C=O) groups is 1. The van der Waals surface area contributed by atoms with Crippen LogP contribution in [0.3, 0.4) is 0 Å². The molecule has 0 unspecified atom stereocenters. The number of ether oxygens (including phenoxy) is 3. The van der Waals surface area contributed by atoms with E-state index in [9.17, 15) is 13.6 Å². The predicted molar refractivity (Wildman–Crippen MR) is 153 cm³/mol. The lowest BCUT2D eigenvalue weighted by atomic mass is 9.74. The summed E-state index contributed by atoms with van der Waals surface area (Å²) in [6.07, 6.45) is 4.27. The Labute approximate surface area is 249 Å². The number of nitrogens with one attached hydrogen (secondary N) is 2. The van der Waals surface area contributed by atoms with Crippen molar-refractivity contribution in [3.05, 3.63) is 94.9 Å². The van der Waals surface area contributed by atoms with Crippen LogP contribution in [0.4, 0.5) is 17.6 Å². The van der Waals surface area contributed by atoms with Gasteiger partial charge in [-0.1, -0.05) is 18.2 Å². The van der Waals surface area contributed by atoms with Crippen molar-refractivity contribution >= 4 is 16.9 Å². The van der Waals surface area contributed by atoms with Gasteiger partial charge in [-0.15, -0.1) is 0 Å². The molecule has 226 valence electrons. The van der Waals surface area contributed by atoms with Crippen molar-refractivity contribution in [2.24, 2.45) is 5.92 Å². The zero-order valence-corrected chi connectivity index (χ0v) is 23.8. The number of fused-ring (bicyclic) bond motifs is 2. The third-order valence-electron chi connectivity index (χ3n) is 8.62. The average molecular weight is 606 g/mol. The molecule has 11 heteroatoms. The number of rotatable bonds is 7. The molecule has 3 heterocycles. The van der Waals surface area contributed by atoms with E-state index in [2.05, 4.69) is 9.97 Å². The van der Waals surface area contributed by atoms with Crippen LogP contribution >= 0.6 is 0 Å². The first-order chi connectivity index (χ1) is 21.2. The largest absolute Gasteiger partial charge is 0.493 e. The summed E-state index contributed by atoms with van der Waals surface area (Å²) in [5, 5.41) is -0.178. The van der Waals surface area contributed by atoms with E-state index in [0.29, 0.717) is 31.7 Å². The second-order valence-corrected chi connectivity index (χ2v) is 11.3. The fourth-order valence-electron chi connectivity index (χ4n) is 6.11. The molecule has 2 aromatic heterocycles. The molecule has 0 radical (unpaired) electrons. The molecule has 1 aliphatic heterocycles. The Morgan fingerprint density at radius 3 is 2.75 bits per heavy atom. The van der Waals surface area contributed by atoms with Crippen LogP contribution in [0.15, 0.2) is 54.9 Å². The Balaban J connectivity index is 1.20. The van der Waals surface area contributed by atoms with Gasteiger partial charge in [0.1, 0.15) is 23.1 Å². The Morgan fingerprint density at radius 1 is 1.09 bits per heavy atom. The van der Waals surface area contributed by atoms with Crippen LogP contribution < -0.4 is 9.47 Å². The number of nitrogens with zero attached hydrogens (tertiary/aromatic N) is 1. The highest BCUT2D eigenvalue weighted by molar-refractivity contribution is 5.83. The van der Waals surface area contributed by atoms with Crippen LogP contribution in [0, 0.1) is 29.2 Å². The third-order valence-corrected chi connectivity index (χ3v) is 8.62. The number of imidazole rings is 1. The van der Waals surface area contributed by atoms with Gasteiger partial charge in [0.2, 0.25) is 11.6 Å². The summed E-state index contributed by atoms with van der Waals surface area (Å²) in [6, 6.07) is 10.7. The van der Waals surface area contributed by atoms with Gasteiger partial charge in [0, 0.05) is 34.7 Å². The van der Waals surface area contributed by atoms with Crippen molar-refractivity contribution in [2.75, 3.05) is 13.2 Å². The SMILES string of the molecule is CCOC(=O)[C@@H]1C[C@H]1c1cccc2c1OCC[C@@]2(C)c1c[nH]c(-c2cc(Oc3c(F)c(F)c4[nH]ccc4c3F)ccc2F)n1. The van der Waals surface area contributed by atoms with Crippen LogP contribution in [0.25, 0.3) is 22.3 Å². The number of H-pyrrole nitrogens is 2. The molecule has 7 nitrogen and oxygen atoms in total. The fourth-order valence-corrected chi connectivity index (χ4v) is 6.11. The molecule has 0 saturated heterocycles. The van der Waals surface area contributed by atoms with E-state index in [-0.39, 0.29) is 45.8 Å². The summed E-state index contributed by atoms with van der Waals surface area (Å²) in [6.45, 7) is 4.56. The summed E-state index contributed by atoms with van der Waals surface area (Å²) in [7, 11) is 0. The van der Waals surface area contributed by atoms with Gasteiger partial charge in [0.25, 0.3) is 0 Å². The third kappa shape index (κ3) is 4.40. The molecule has 7 rings (SSSR count). The van der Waals surface area contributed by atoms with Crippen LogP contribution in [-0.4, -0.2) is 34.1 Å². The van der Waals surface area contributed by atoms with E-state index < -0.39 is 34.4 Å². The monoisotopic (exact) mass is 605 g/mol. The highest BCUT2D eigenvalue weighted by Gasteiger charge is 2.48. The van der Waals surface area contributed by atoms with Gasteiger partial charge in [0.15, 0.2) is 11.6 Å². The lowest BCUT2D eigenvalue weighted by Crippen LogP contribution is -2.32. The van der Waals surface area contributed by atoms with Gasteiger partial charge >= 0.3 is 5.97 Å². The molecule has 2 aliphatic rings. The van der Waals surface area contributed by atoms with Crippen LogP contribution in [0.2, 0.25) is 0 Å². The number of para-hydroxylation sites is 1. The van der Waals surface area contributed by atoms with Gasteiger partial charge in [-0.3, -0.25) is 4.79 Å². The number of benzene rings is 3. The van der Waals surface area contributed by atoms with E-state index in [1.807, 2.05) is 25.1 Å². The smallest absolute Gasteiger partial charge is 0.309 e. The van der Waals surface area contributed by atoms with Crippen LogP contribution in [0.5, 0.6) is 17.2 Å². The van der Waals surface area contributed by atoms with Gasteiger partial charge in [0.05, 0.1) is 35.9 Å². The number of aromatic nitrogens is 3. The molecule has 44 heavy (non-hydrogen) atoms. The molecule has 3 aromatic carbocycles. The average Bonchev–Trinajstić information content (AvgIpc) is 3.39. The number of aromatic amines is 2. The number of halogens is 4. The van der Waals surface area contributed by atoms with Crippen molar-refractivity contribution in [3.8, 4) is 28.6 Å². The van der Waals surface area contributed by atoms with Gasteiger partial charge < -0.3 is 24.2 Å².